The van der Waals surface area contributed by atoms with E-state index in [9.17, 15) is 33.1 Å². The van der Waals surface area contributed by atoms with Crippen LogP contribution in [0.1, 0.15) is 47.1 Å². The highest BCUT2D eigenvalue weighted by atomic mass is 19.2. The summed E-state index contributed by atoms with van der Waals surface area (Å²) in [5.74, 6) is -5.54. The monoisotopic (exact) mass is 550 g/mol. The number of fused-ring (bicyclic) bond motifs is 1. The van der Waals surface area contributed by atoms with Crippen molar-refractivity contribution in [2.45, 2.75) is 0 Å². The molecular weight excluding hydrogens is 534 g/mol. The summed E-state index contributed by atoms with van der Waals surface area (Å²) in [6.45, 7) is 0. The third-order valence-corrected chi connectivity index (χ3v) is 6.69. The highest BCUT2D eigenvalue weighted by Crippen LogP contribution is 2.36. The highest BCUT2D eigenvalue weighted by Gasteiger charge is 2.39. The van der Waals surface area contributed by atoms with Gasteiger partial charge in [-0.3, -0.25) is 19.5 Å². The van der Waals surface area contributed by atoms with E-state index in [0.29, 0.717) is 11.1 Å². The van der Waals surface area contributed by atoms with Gasteiger partial charge in [0.15, 0.2) is 11.6 Å². The summed E-state index contributed by atoms with van der Waals surface area (Å²) < 4.78 is 27.4. The van der Waals surface area contributed by atoms with E-state index in [0.717, 1.165) is 17.0 Å². The predicted molar refractivity (Wildman–Crippen MR) is 142 cm³/mol. The minimum Gasteiger partial charge on any atom is -0.478 e. The molecule has 2 amide bonds. The Morgan fingerprint density at radius 3 is 2.17 bits per heavy atom. The van der Waals surface area contributed by atoms with Gasteiger partial charge in [-0.25, -0.2) is 18.5 Å². The van der Waals surface area contributed by atoms with Gasteiger partial charge in [-0.2, -0.15) is 0 Å². The summed E-state index contributed by atoms with van der Waals surface area (Å²) in [6.07, 6.45) is 0. The minimum absolute atomic E-state index is 0.00718. The summed E-state index contributed by atoms with van der Waals surface area (Å²) in [4.78, 5) is 52.8. The number of aromatic nitrogens is 3. The van der Waals surface area contributed by atoms with E-state index in [1.165, 1.54) is 42.5 Å². The number of aromatic amines is 1. The first-order chi connectivity index (χ1) is 19.7. The van der Waals surface area contributed by atoms with Crippen LogP contribution in [0.3, 0.4) is 0 Å². The molecule has 0 aliphatic carbocycles. The Morgan fingerprint density at radius 2 is 1.44 bits per heavy atom. The summed E-state index contributed by atoms with van der Waals surface area (Å²) in [6, 6.07) is 19.6. The van der Waals surface area contributed by atoms with E-state index in [-0.39, 0.29) is 50.7 Å². The highest BCUT2D eigenvalue weighted by molar-refractivity contribution is 6.35. The van der Waals surface area contributed by atoms with Crippen LogP contribution < -0.4 is 4.90 Å². The Balaban J connectivity index is 1.41. The van der Waals surface area contributed by atoms with Crippen LogP contribution in [-0.4, -0.2) is 44.1 Å². The second kappa shape index (κ2) is 9.72. The van der Waals surface area contributed by atoms with Gasteiger partial charge in [0.25, 0.3) is 11.8 Å². The van der Waals surface area contributed by atoms with Gasteiger partial charge in [0, 0.05) is 11.1 Å². The zero-order valence-corrected chi connectivity index (χ0v) is 20.8. The number of nitrogens with one attached hydrogen (secondary N) is 1. The van der Waals surface area contributed by atoms with Crippen molar-refractivity contribution >= 4 is 29.3 Å². The second-order valence-corrected chi connectivity index (χ2v) is 9.10. The van der Waals surface area contributed by atoms with Crippen molar-refractivity contribution in [1.29, 1.82) is 0 Å². The Morgan fingerprint density at radius 1 is 0.756 bits per heavy atom. The fourth-order valence-corrected chi connectivity index (χ4v) is 4.68. The van der Waals surface area contributed by atoms with Gasteiger partial charge >= 0.3 is 5.97 Å². The molecule has 4 aromatic carbocycles. The van der Waals surface area contributed by atoms with Crippen LogP contribution in [-0.2, 0) is 0 Å². The molecule has 2 N–H and O–H groups in total. The second-order valence-electron chi connectivity index (χ2n) is 9.10. The molecular formula is C30H16F2N4O5. The molecule has 0 bridgehead atoms. The molecule has 6 rings (SSSR count). The lowest BCUT2D eigenvalue weighted by atomic mass is 10.00. The number of aromatic carboxylic acids is 1. The van der Waals surface area contributed by atoms with E-state index in [1.807, 2.05) is 0 Å². The third kappa shape index (κ3) is 4.25. The fraction of sp³-hybridized carbons (Fsp3) is 0. The number of anilines is 1. The number of H-pyrrole nitrogens is 1. The number of carboxylic acids is 1. The van der Waals surface area contributed by atoms with Crippen molar-refractivity contribution in [3.8, 4) is 22.4 Å². The van der Waals surface area contributed by atoms with Crippen LogP contribution in [0.25, 0.3) is 22.4 Å². The number of amides is 2. The summed E-state index contributed by atoms with van der Waals surface area (Å²) in [5, 5.41) is 20.1. The molecule has 2 heterocycles. The summed E-state index contributed by atoms with van der Waals surface area (Å²) in [5.41, 5.74) is 0.803. The number of rotatable bonds is 6. The zero-order valence-electron chi connectivity index (χ0n) is 20.8. The van der Waals surface area contributed by atoms with Crippen molar-refractivity contribution in [3.63, 3.8) is 0 Å². The summed E-state index contributed by atoms with van der Waals surface area (Å²) >= 11 is 0. The van der Waals surface area contributed by atoms with E-state index >= 15 is 0 Å². The number of nitrogens with zero attached hydrogens (tertiary/aromatic N) is 3. The topological polar surface area (TPSA) is 133 Å². The van der Waals surface area contributed by atoms with Gasteiger partial charge in [-0.15, -0.1) is 5.10 Å². The average Bonchev–Trinajstić information content (AvgIpc) is 3.57. The number of halogens is 2. The molecule has 0 unspecified atom stereocenters. The zero-order chi connectivity index (χ0) is 28.8. The lowest BCUT2D eigenvalue weighted by Crippen LogP contribution is -2.31. The van der Waals surface area contributed by atoms with Crippen LogP contribution >= 0.6 is 0 Å². The van der Waals surface area contributed by atoms with Crippen LogP contribution in [0.5, 0.6) is 0 Å². The third-order valence-electron chi connectivity index (χ3n) is 6.69. The SMILES string of the molecule is O=C(O)c1ccc(-c2ccc(F)c(F)c2)cc1N1C(=O)c2ccc(-c3nn[nH]c3C(=O)c3ccccc3)cc2C1=O. The Hall–Kier alpha value is -5.84. The molecule has 5 aromatic rings. The van der Waals surface area contributed by atoms with Crippen molar-refractivity contribution in [2.75, 3.05) is 4.90 Å². The number of benzene rings is 4. The molecule has 0 fully saturated rings. The average molecular weight is 550 g/mol. The van der Waals surface area contributed by atoms with Gasteiger partial charge in [-0.1, -0.05) is 53.7 Å². The van der Waals surface area contributed by atoms with Crippen LogP contribution in [0.15, 0.2) is 84.9 Å². The van der Waals surface area contributed by atoms with Gasteiger partial charge < -0.3 is 5.11 Å². The fourth-order valence-electron chi connectivity index (χ4n) is 4.68. The molecule has 200 valence electrons. The van der Waals surface area contributed by atoms with E-state index < -0.39 is 29.4 Å². The normalized spacial score (nSPS) is 12.5. The predicted octanol–water partition coefficient (Wildman–Crippen LogP) is 5.15. The van der Waals surface area contributed by atoms with Gasteiger partial charge in [0.2, 0.25) is 5.78 Å². The van der Waals surface area contributed by atoms with Crippen LogP contribution in [0, 0.1) is 11.6 Å². The number of hydrogen-bond acceptors (Lipinski definition) is 6. The molecule has 11 heteroatoms. The smallest absolute Gasteiger partial charge is 0.337 e. The molecule has 0 spiro atoms. The molecule has 0 radical (unpaired) electrons. The maximum absolute atomic E-state index is 13.9. The molecule has 0 atom stereocenters. The number of ketones is 1. The largest absolute Gasteiger partial charge is 0.478 e. The standard InChI is InChI=1S/C30H16F2N4O5/c31-22-11-8-16(13-23(22)32)17-6-10-20(30(40)41)24(14-17)36-28(38)19-9-7-18(12-21(19)29(36)39)25-26(34-35-33-25)27(37)15-4-2-1-3-5-15/h1-14H,(H,40,41)(H,33,34,35). The van der Waals surface area contributed by atoms with Crippen LogP contribution in [0.2, 0.25) is 0 Å². The van der Waals surface area contributed by atoms with Crippen molar-refractivity contribution in [3.05, 3.63) is 125 Å². The number of carbonyl (C=O) groups excluding carboxylic acids is 3. The first-order valence-corrected chi connectivity index (χ1v) is 12.1. The first-order valence-electron chi connectivity index (χ1n) is 12.1. The number of imide groups is 1. The molecule has 1 aliphatic rings. The van der Waals surface area contributed by atoms with Gasteiger partial charge in [0.05, 0.1) is 22.4 Å². The first kappa shape index (κ1) is 25.4. The molecule has 9 nitrogen and oxygen atoms in total. The number of hydrogen-bond donors (Lipinski definition) is 2. The lowest BCUT2D eigenvalue weighted by molar-refractivity contribution is 0.0697. The Kier molecular flexibility index (Phi) is 6.03. The van der Waals surface area contributed by atoms with Crippen molar-refractivity contribution < 1.29 is 33.1 Å². The molecule has 41 heavy (non-hydrogen) atoms. The quantitative estimate of drug-likeness (QED) is 0.221. The van der Waals surface area contributed by atoms with Gasteiger partial charge in [0.1, 0.15) is 11.4 Å². The van der Waals surface area contributed by atoms with Crippen LogP contribution in [0.4, 0.5) is 14.5 Å². The molecule has 0 saturated carbocycles. The molecule has 0 saturated heterocycles. The minimum atomic E-state index is -1.40. The number of carbonyl (C=O) groups is 4. The van der Waals surface area contributed by atoms with Gasteiger partial charge in [-0.05, 0) is 47.5 Å². The summed E-state index contributed by atoms with van der Waals surface area (Å²) in [7, 11) is 0. The van der Waals surface area contributed by atoms with E-state index in [4.69, 9.17) is 0 Å². The van der Waals surface area contributed by atoms with E-state index in [2.05, 4.69) is 15.4 Å². The maximum atomic E-state index is 13.9. The Labute approximate surface area is 229 Å². The lowest BCUT2D eigenvalue weighted by Gasteiger charge is -2.18. The molecule has 1 aliphatic heterocycles. The van der Waals surface area contributed by atoms with Crippen molar-refractivity contribution in [1.82, 2.24) is 15.4 Å². The van der Waals surface area contributed by atoms with E-state index in [1.54, 1.807) is 30.3 Å². The number of carboxylic acid groups (broad SMARTS) is 1. The molecule has 1 aromatic heterocycles. The Bertz CT molecular complexity index is 1920. The maximum Gasteiger partial charge on any atom is 0.337 e. The van der Waals surface area contributed by atoms with Crippen molar-refractivity contribution in [2.24, 2.45) is 0 Å².